The molecule has 1 saturated carbocycles. The molecule has 142 valence electrons. The summed E-state index contributed by atoms with van der Waals surface area (Å²) < 4.78 is 0. The van der Waals surface area contributed by atoms with Crippen molar-refractivity contribution in [3.05, 3.63) is 50.2 Å². The average molecular weight is 628 g/mol. The zero-order valence-electron chi connectivity index (χ0n) is 16.8. The Morgan fingerprint density at radius 3 is 2.20 bits per heavy atom. The monoisotopic (exact) mass is 628 g/mol. The fourth-order valence-electron chi connectivity index (χ4n) is 2.74. The van der Waals surface area contributed by atoms with Gasteiger partial charge in [-0.3, -0.25) is 4.79 Å². The molecule has 2 radical (unpaired) electrons. The van der Waals surface area contributed by atoms with Crippen LogP contribution in [-0.2, 0) is 83.5 Å². The molecule has 0 aromatic heterocycles. The van der Waals surface area contributed by atoms with E-state index in [4.69, 9.17) is 0 Å². The van der Waals surface area contributed by atoms with Gasteiger partial charge in [0.15, 0.2) is 0 Å². The van der Waals surface area contributed by atoms with Crippen molar-refractivity contribution in [2.24, 2.45) is 0 Å². The van der Waals surface area contributed by atoms with Crippen LogP contribution in [0.3, 0.4) is 0 Å². The average Bonchev–Trinajstić information content (AvgIpc) is 2.44. The Labute approximate surface area is 208 Å². The number of carbonyl (C=O) groups excluding carboxylic acids is 1. The molecule has 25 heavy (non-hydrogen) atoms. The summed E-state index contributed by atoms with van der Waals surface area (Å²) in [5, 5.41) is 3.21. The summed E-state index contributed by atoms with van der Waals surface area (Å²) in [4.78, 5) is 12.1. The first-order valence-corrected chi connectivity index (χ1v) is 7.86. The van der Waals surface area contributed by atoms with Crippen molar-refractivity contribution >= 4 is 5.91 Å². The molecule has 0 saturated heterocycles. The maximum absolute atomic E-state index is 12.1. The van der Waals surface area contributed by atoms with Crippen LogP contribution >= 0.6 is 0 Å². The first-order valence-electron chi connectivity index (χ1n) is 7.86. The van der Waals surface area contributed by atoms with Crippen molar-refractivity contribution in [2.75, 3.05) is 0 Å². The quantitative estimate of drug-likeness (QED) is 0.465. The smallest absolute Gasteiger partial charge is 0.222 e. The van der Waals surface area contributed by atoms with Gasteiger partial charge in [0, 0.05) is 84.3 Å². The SMILES string of the molecule is CC.Cc1ccc[c-]c1CC(=O)NC1(C)CCCCC1.[CH3-].[CH3-].[V].[W].[Y]. The third kappa shape index (κ3) is 13.8. The van der Waals surface area contributed by atoms with Crippen molar-refractivity contribution in [3.8, 4) is 0 Å². The van der Waals surface area contributed by atoms with Crippen LogP contribution in [0.25, 0.3) is 0 Å². The fraction of sp³-hybridized carbons (Fsp3) is 0.550. The van der Waals surface area contributed by atoms with Gasteiger partial charge in [-0.15, -0.1) is 0 Å². The Bertz CT molecular complexity index is 437. The predicted molar refractivity (Wildman–Crippen MR) is 97.5 cm³/mol. The Morgan fingerprint density at radius 1 is 1.20 bits per heavy atom. The number of benzene rings is 1. The Kier molecular flexibility index (Phi) is 29.3. The first kappa shape index (κ1) is 36.9. The molecule has 0 aliphatic heterocycles. The molecule has 1 aliphatic carbocycles. The molecule has 1 aromatic rings. The van der Waals surface area contributed by atoms with E-state index < -0.39 is 0 Å². The van der Waals surface area contributed by atoms with Crippen molar-refractivity contribution in [2.45, 2.75) is 71.8 Å². The number of carbonyl (C=O) groups is 1. The van der Waals surface area contributed by atoms with Gasteiger partial charge < -0.3 is 20.2 Å². The van der Waals surface area contributed by atoms with Gasteiger partial charge in [0.1, 0.15) is 0 Å². The van der Waals surface area contributed by atoms with E-state index >= 15 is 0 Å². The molecule has 1 fully saturated rings. The van der Waals surface area contributed by atoms with Crippen LogP contribution in [0.15, 0.2) is 18.2 Å². The zero-order chi connectivity index (χ0) is 15.0. The molecule has 1 aromatic carbocycles. The molecule has 0 spiro atoms. The van der Waals surface area contributed by atoms with E-state index in [0.29, 0.717) is 6.42 Å². The molecule has 0 unspecified atom stereocenters. The topological polar surface area (TPSA) is 29.1 Å². The van der Waals surface area contributed by atoms with Crippen LogP contribution < -0.4 is 5.32 Å². The Hall–Kier alpha value is 1.07. The maximum atomic E-state index is 12.1. The Morgan fingerprint density at radius 2 is 1.72 bits per heavy atom. The summed E-state index contributed by atoms with van der Waals surface area (Å²) in [5.74, 6) is 0.130. The summed E-state index contributed by atoms with van der Waals surface area (Å²) in [7, 11) is 0. The van der Waals surface area contributed by atoms with Gasteiger partial charge in [-0.2, -0.15) is 35.4 Å². The van der Waals surface area contributed by atoms with Crippen molar-refractivity contribution in [1.29, 1.82) is 0 Å². The molecule has 0 bridgehead atoms. The minimum absolute atomic E-state index is 0. The molecule has 2 nitrogen and oxygen atoms in total. The normalized spacial score (nSPS) is 13.4. The molecular formula is C20H34NOVWY-3. The van der Waals surface area contributed by atoms with Gasteiger partial charge in [0.25, 0.3) is 0 Å². The van der Waals surface area contributed by atoms with E-state index in [1.165, 1.54) is 19.3 Å². The summed E-state index contributed by atoms with van der Waals surface area (Å²) in [5.41, 5.74) is 2.16. The second-order valence-electron chi connectivity index (χ2n) is 5.68. The van der Waals surface area contributed by atoms with Crippen LogP contribution in [0.5, 0.6) is 0 Å². The number of nitrogens with one attached hydrogen (secondary N) is 1. The number of hydrogen-bond acceptors (Lipinski definition) is 1. The number of amides is 1. The minimum atomic E-state index is 0. The second kappa shape index (κ2) is 19.8. The van der Waals surface area contributed by atoms with Crippen LogP contribution in [-0.4, -0.2) is 11.4 Å². The van der Waals surface area contributed by atoms with Gasteiger partial charge in [0.05, 0.1) is 0 Å². The third-order valence-corrected chi connectivity index (χ3v) is 3.91. The van der Waals surface area contributed by atoms with Crippen LogP contribution in [0, 0.1) is 27.8 Å². The molecule has 2 rings (SSSR count). The number of hydrogen-bond donors (Lipinski definition) is 1. The molecule has 5 heteroatoms. The molecule has 1 N–H and O–H groups in total. The molecule has 0 heterocycles. The summed E-state index contributed by atoms with van der Waals surface area (Å²) in [6.45, 7) is 8.20. The summed E-state index contributed by atoms with van der Waals surface area (Å²) in [6, 6.07) is 9.02. The van der Waals surface area contributed by atoms with Gasteiger partial charge in [0.2, 0.25) is 5.91 Å². The van der Waals surface area contributed by atoms with Gasteiger partial charge in [-0.05, 0) is 19.8 Å². The van der Waals surface area contributed by atoms with Crippen LogP contribution in [0.4, 0.5) is 0 Å². The van der Waals surface area contributed by atoms with Crippen LogP contribution in [0.2, 0.25) is 0 Å². The first-order chi connectivity index (χ1) is 9.59. The van der Waals surface area contributed by atoms with E-state index in [1.807, 2.05) is 39.0 Å². The summed E-state index contributed by atoms with van der Waals surface area (Å²) in [6.07, 6.45) is 6.42. The van der Waals surface area contributed by atoms with Gasteiger partial charge in [-0.25, -0.2) is 0 Å². The third-order valence-electron chi connectivity index (χ3n) is 3.91. The van der Waals surface area contributed by atoms with E-state index in [9.17, 15) is 4.79 Å². The second-order valence-corrected chi connectivity index (χ2v) is 5.68. The van der Waals surface area contributed by atoms with E-state index in [-0.39, 0.29) is 98.6 Å². The van der Waals surface area contributed by atoms with E-state index in [2.05, 4.69) is 18.3 Å². The molecule has 1 amide bonds. The van der Waals surface area contributed by atoms with Crippen molar-refractivity contribution in [1.82, 2.24) is 5.32 Å². The van der Waals surface area contributed by atoms with Gasteiger partial charge in [-0.1, -0.05) is 40.0 Å². The van der Waals surface area contributed by atoms with E-state index in [1.54, 1.807) is 0 Å². The largest absolute Gasteiger partial charge is 0.358 e. The maximum Gasteiger partial charge on any atom is 0.222 e. The molecule has 1 aliphatic rings. The number of aryl methyl sites for hydroxylation is 1. The summed E-state index contributed by atoms with van der Waals surface area (Å²) >= 11 is 0. The fourth-order valence-corrected chi connectivity index (χ4v) is 2.74. The van der Waals surface area contributed by atoms with E-state index in [0.717, 1.165) is 24.0 Å². The van der Waals surface area contributed by atoms with Crippen molar-refractivity contribution in [3.63, 3.8) is 0 Å². The molecule has 0 atom stereocenters. The Balaban J connectivity index is -0.000000184. The number of rotatable bonds is 3. The zero-order valence-corrected chi connectivity index (χ0v) is 24.0. The minimum Gasteiger partial charge on any atom is -0.358 e. The standard InChI is InChI=1S/C16H22NO.C2H6.2CH3.V.W.Y/c1-13-8-4-5-9-14(13)12-15(18)17-16(2)10-6-3-7-11-16;1-2;;;;;/h4-5,8H,3,6-7,10-12H2,1-2H3,(H,17,18);1-2H3;2*1H3;;;/q-1;;2*-1;;;. The van der Waals surface area contributed by atoms with Gasteiger partial charge >= 0.3 is 0 Å². The predicted octanol–water partition coefficient (Wildman–Crippen LogP) is 5.10. The molecular weight excluding hydrogens is 594 g/mol. The van der Waals surface area contributed by atoms with Crippen LogP contribution in [0.1, 0.15) is 64.0 Å². The van der Waals surface area contributed by atoms with Crippen molar-refractivity contribution < 1.29 is 77.1 Å².